The van der Waals surface area contributed by atoms with Crippen molar-refractivity contribution in [2.45, 2.75) is 32.9 Å². The molecule has 1 aliphatic heterocycles. The summed E-state index contributed by atoms with van der Waals surface area (Å²) in [7, 11) is 3.35. The van der Waals surface area contributed by atoms with Crippen LogP contribution in [-0.2, 0) is 6.54 Å². The van der Waals surface area contributed by atoms with Crippen LogP contribution in [0, 0.1) is 5.92 Å². The molecule has 172 valence electrons. The third-order valence-corrected chi connectivity index (χ3v) is 5.61. The van der Waals surface area contributed by atoms with Gasteiger partial charge in [0.15, 0.2) is 17.3 Å². The summed E-state index contributed by atoms with van der Waals surface area (Å²) in [4.78, 5) is 4.85. The number of piperazine rings is 1. The predicted molar refractivity (Wildman–Crippen MR) is 124 cm³/mol. The molecular formula is C22H35ClN6O2. The SMILES string of the molecule is C=CCN1CCN(C(c2cccc(OC)c2OC)c2nnnn2CCC(C)C)CC1.Cl. The lowest BCUT2D eigenvalue weighted by Gasteiger charge is -2.39. The monoisotopic (exact) mass is 450 g/mol. The van der Waals surface area contributed by atoms with Gasteiger partial charge < -0.3 is 9.47 Å². The van der Waals surface area contributed by atoms with E-state index in [9.17, 15) is 0 Å². The Hall–Kier alpha value is -2.16. The molecule has 0 spiro atoms. The smallest absolute Gasteiger partial charge is 0.173 e. The molecule has 9 heteroatoms. The third-order valence-electron chi connectivity index (χ3n) is 5.61. The number of nitrogens with zero attached hydrogens (tertiary/aromatic N) is 6. The second-order valence-electron chi connectivity index (χ2n) is 8.05. The number of para-hydroxylation sites is 1. The highest BCUT2D eigenvalue weighted by atomic mass is 35.5. The van der Waals surface area contributed by atoms with Gasteiger partial charge in [-0.15, -0.1) is 24.1 Å². The molecule has 1 unspecified atom stereocenters. The van der Waals surface area contributed by atoms with Gasteiger partial charge in [-0.1, -0.05) is 32.1 Å². The molecule has 0 aliphatic carbocycles. The molecule has 0 bridgehead atoms. The van der Waals surface area contributed by atoms with E-state index in [1.807, 2.05) is 22.9 Å². The minimum absolute atomic E-state index is 0. The van der Waals surface area contributed by atoms with Gasteiger partial charge in [0, 0.05) is 44.8 Å². The van der Waals surface area contributed by atoms with Gasteiger partial charge in [-0.2, -0.15) is 0 Å². The van der Waals surface area contributed by atoms with Crippen LogP contribution in [0.2, 0.25) is 0 Å². The highest BCUT2D eigenvalue weighted by Crippen LogP contribution is 2.39. The molecule has 1 fully saturated rings. The molecule has 1 saturated heterocycles. The van der Waals surface area contributed by atoms with E-state index in [0.29, 0.717) is 11.7 Å². The van der Waals surface area contributed by atoms with Crippen molar-refractivity contribution in [1.29, 1.82) is 0 Å². The van der Waals surface area contributed by atoms with Crippen molar-refractivity contribution < 1.29 is 9.47 Å². The van der Waals surface area contributed by atoms with E-state index >= 15 is 0 Å². The molecule has 0 N–H and O–H groups in total. The van der Waals surface area contributed by atoms with Crippen LogP contribution in [0.25, 0.3) is 0 Å². The number of aryl methyl sites for hydroxylation is 1. The molecule has 0 saturated carbocycles. The van der Waals surface area contributed by atoms with E-state index in [2.05, 4.69) is 51.8 Å². The Morgan fingerprint density at radius 3 is 2.48 bits per heavy atom. The van der Waals surface area contributed by atoms with Gasteiger partial charge in [-0.3, -0.25) is 9.80 Å². The summed E-state index contributed by atoms with van der Waals surface area (Å²) < 4.78 is 13.3. The Balaban J connectivity index is 0.00000341. The van der Waals surface area contributed by atoms with Crippen molar-refractivity contribution in [2.24, 2.45) is 5.92 Å². The van der Waals surface area contributed by atoms with Crippen LogP contribution in [0.1, 0.15) is 37.7 Å². The topological polar surface area (TPSA) is 68.5 Å². The molecule has 3 rings (SSSR count). The lowest BCUT2D eigenvalue weighted by atomic mass is 10.0. The summed E-state index contributed by atoms with van der Waals surface area (Å²) in [6, 6.07) is 5.90. The van der Waals surface area contributed by atoms with Crippen molar-refractivity contribution in [3.8, 4) is 11.5 Å². The van der Waals surface area contributed by atoms with Crippen LogP contribution in [-0.4, -0.2) is 77.0 Å². The zero-order chi connectivity index (χ0) is 21.5. The summed E-state index contributed by atoms with van der Waals surface area (Å²) in [5, 5.41) is 12.8. The van der Waals surface area contributed by atoms with Crippen LogP contribution < -0.4 is 9.47 Å². The quantitative estimate of drug-likeness (QED) is 0.515. The third kappa shape index (κ3) is 5.96. The summed E-state index contributed by atoms with van der Waals surface area (Å²) in [6.07, 6.45) is 2.98. The Bertz CT molecular complexity index is 820. The lowest BCUT2D eigenvalue weighted by molar-refractivity contribution is 0.111. The van der Waals surface area contributed by atoms with Gasteiger partial charge in [0.2, 0.25) is 0 Å². The average molecular weight is 451 g/mol. The van der Waals surface area contributed by atoms with E-state index < -0.39 is 0 Å². The molecule has 2 heterocycles. The molecule has 2 aromatic rings. The number of hydrogen-bond donors (Lipinski definition) is 0. The number of halogens is 1. The maximum absolute atomic E-state index is 5.78. The van der Waals surface area contributed by atoms with E-state index in [-0.39, 0.29) is 18.4 Å². The van der Waals surface area contributed by atoms with E-state index in [1.165, 1.54) is 0 Å². The highest BCUT2D eigenvalue weighted by molar-refractivity contribution is 5.85. The average Bonchev–Trinajstić information content (AvgIpc) is 3.21. The molecule has 31 heavy (non-hydrogen) atoms. The summed E-state index contributed by atoms with van der Waals surface area (Å²) in [6.45, 7) is 13.8. The number of rotatable bonds is 10. The maximum Gasteiger partial charge on any atom is 0.173 e. The first-order valence-corrected chi connectivity index (χ1v) is 10.6. The molecule has 1 atom stereocenters. The molecular weight excluding hydrogens is 416 g/mol. The lowest BCUT2D eigenvalue weighted by Crippen LogP contribution is -2.48. The number of tetrazole rings is 1. The van der Waals surface area contributed by atoms with Crippen molar-refractivity contribution in [2.75, 3.05) is 46.9 Å². The van der Waals surface area contributed by atoms with Gasteiger partial charge in [0.05, 0.1) is 14.2 Å². The zero-order valence-corrected chi connectivity index (χ0v) is 19.8. The first-order chi connectivity index (χ1) is 14.6. The van der Waals surface area contributed by atoms with Gasteiger partial charge in [-0.05, 0) is 28.8 Å². The number of hydrogen-bond acceptors (Lipinski definition) is 7. The Kier molecular flexibility index (Phi) is 9.74. The second-order valence-corrected chi connectivity index (χ2v) is 8.05. The summed E-state index contributed by atoms with van der Waals surface area (Å²) >= 11 is 0. The van der Waals surface area contributed by atoms with Crippen LogP contribution in [0.5, 0.6) is 11.5 Å². The minimum atomic E-state index is -0.108. The molecule has 1 aromatic heterocycles. The van der Waals surface area contributed by atoms with Gasteiger partial charge in [0.25, 0.3) is 0 Å². The number of ether oxygens (including phenoxy) is 2. The molecule has 0 amide bonds. The Labute approximate surface area is 191 Å². The molecule has 1 aromatic carbocycles. The Morgan fingerprint density at radius 1 is 1.13 bits per heavy atom. The molecule has 8 nitrogen and oxygen atoms in total. The minimum Gasteiger partial charge on any atom is -0.493 e. The standard InChI is InChI=1S/C22H34N6O2.ClH/c1-6-11-26-13-15-27(16-14-26)20(18-8-7-9-19(29-4)21(18)30-5)22-23-24-25-28(22)12-10-17(2)3;/h6-9,17,20H,1,10-16H2,2-5H3;1H. The fourth-order valence-corrected chi connectivity index (χ4v) is 3.96. The first-order valence-electron chi connectivity index (χ1n) is 10.6. The maximum atomic E-state index is 5.78. The van der Waals surface area contributed by atoms with Gasteiger partial charge in [-0.25, -0.2) is 4.68 Å². The van der Waals surface area contributed by atoms with Crippen LogP contribution >= 0.6 is 12.4 Å². The number of methoxy groups -OCH3 is 2. The fraction of sp³-hybridized carbons (Fsp3) is 0.591. The van der Waals surface area contributed by atoms with Crippen molar-refractivity contribution >= 4 is 12.4 Å². The number of aromatic nitrogens is 4. The van der Waals surface area contributed by atoms with Crippen molar-refractivity contribution in [1.82, 2.24) is 30.0 Å². The summed E-state index contributed by atoms with van der Waals surface area (Å²) in [5.41, 5.74) is 1.02. The normalized spacial score (nSPS) is 16.0. The zero-order valence-electron chi connectivity index (χ0n) is 19.0. The van der Waals surface area contributed by atoms with Crippen molar-refractivity contribution in [3.63, 3.8) is 0 Å². The molecule has 0 radical (unpaired) electrons. The van der Waals surface area contributed by atoms with E-state index in [1.54, 1.807) is 14.2 Å². The predicted octanol–water partition coefficient (Wildman–Crippen LogP) is 3.05. The largest absolute Gasteiger partial charge is 0.493 e. The summed E-state index contributed by atoms with van der Waals surface area (Å²) in [5.74, 6) is 2.87. The van der Waals surface area contributed by atoms with Gasteiger partial charge >= 0.3 is 0 Å². The van der Waals surface area contributed by atoms with Crippen LogP contribution in [0.15, 0.2) is 30.9 Å². The number of benzene rings is 1. The Morgan fingerprint density at radius 2 is 1.87 bits per heavy atom. The van der Waals surface area contributed by atoms with E-state index in [0.717, 1.165) is 62.8 Å². The fourth-order valence-electron chi connectivity index (χ4n) is 3.96. The second kappa shape index (κ2) is 12.0. The van der Waals surface area contributed by atoms with Crippen LogP contribution in [0.3, 0.4) is 0 Å². The van der Waals surface area contributed by atoms with Crippen molar-refractivity contribution in [3.05, 3.63) is 42.2 Å². The highest BCUT2D eigenvalue weighted by Gasteiger charge is 2.33. The van der Waals surface area contributed by atoms with Gasteiger partial charge in [0.1, 0.15) is 6.04 Å². The first kappa shape index (κ1) is 25.1. The van der Waals surface area contributed by atoms with Crippen LogP contribution in [0.4, 0.5) is 0 Å². The van der Waals surface area contributed by atoms with E-state index in [4.69, 9.17) is 9.47 Å². The molecule has 1 aliphatic rings.